The summed E-state index contributed by atoms with van der Waals surface area (Å²) in [7, 11) is 1.63. The molecule has 1 aromatic carbocycles. The van der Waals surface area contributed by atoms with Gasteiger partial charge in [-0.15, -0.1) is 0 Å². The number of aryl methyl sites for hydroxylation is 2. The van der Waals surface area contributed by atoms with Gasteiger partial charge in [0.1, 0.15) is 5.75 Å². The minimum absolute atomic E-state index is 0.00533. The number of Topliss-reactive ketones (excluding diaryl/α,β-unsaturated/α-hetero) is 1. The summed E-state index contributed by atoms with van der Waals surface area (Å²) in [5.74, 6) is 0.810. The second-order valence-electron chi connectivity index (χ2n) is 4.02. The molecule has 0 aliphatic heterocycles. The number of benzene rings is 1. The normalized spacial score (nSPS) is 12.3. The quantitative estimate of drug-likeness (QED) is 0.793. The Morgan fingerprint density at radius 1 is 1.38 bits per heavy atom. The Kier molecular flexibility index (Phi) is 4.07. The van der Waals surface area contributed by atoms with E-state index in [1.165, 1.54) is 0 Å². The zero-order valence-electron chi connectivity index (χ0n) is 10.3. The Hall–Kier alpha value is -1.35. The van der Waals surface area contributed by atoms with Crippen LogP contribution in [0, 0.1) is 13.8 Å². The molecule has 0 fully saturated rings. The Labute approximate surface area is 96.6 Å². The van der Waals surface area contributed by atoms with Gasteiger partial charge in [0, 0.05) is 5.56 Å². The molecular formula is C13H19NO2. The maximum Gasteiger partial charge on any atom is 0.179 e. The van der Waals surface area contributed by atoms with Gasteiger partial charge in [-0.3, -0.25) is 4.79 Å². The maximum absolute atomic E-state index is 12.0. The maximum atomic E-state index is 12.0. The largest absolute Gasteiger partial charge is 0.496 e. The molecule has 0 saturated carbocycles. The Morgan fingerprint density at radius 2 is 2.00 bits per heavy atom. The fourth-order valence-corrected chi connectivity index (χ4v) is 1.66. The Morgan fingerprint density at radius 3 is 2.50 bits per heavy atom. The molecule has 1 unspecified atom stereocenters. The SMILES string of the molecule is CCC(N)C(=O)c1cc(C)c(OC)cc1C. The fraction of sp³-hybridized carbons (Fsp3) is 0.462. The van der Waals surface area contributed by atoms with E-state index in [0.29, 0.717) is 12.0 Å². The predicted octanol–water partition coefficient (Wildman–Crippen LogP) is 2.23. The van der Waals surface area contributed by atoms with E-state index in [1.54, 1.807) is 7.11 Å². The molecule has 0 saturated heterocycles. The molecule has 0 spiro atoms. The van der Waals surface area contributed by atoms with E-state index in [-0.39, 0.29) is 5.78 Å². The molecule has 1 aromatic rings. The van der Waals surface area contributed by atoms with Gasteiger partial charge in [-0.2, -0.15) is 0 Å². The number of nitrogens with two attached hydrogens (primary N) is 1. The summed E-state index contributed by atoms with van der Waals surface area (Å²) in [5, 5.41) is 0. The zero-order valence-corrected chi connectivity index (χ0v) is 10.3. The first-order chi connectivity index (χ1) is 7.51. The van der Waals surface area contributed by atoms with Crippen LogP contribution < -0.4 is 10.5 Å². The van der Waals surface area contributed by atoms with Crippen LogP contribution in [0.15, 0.2) is 12.1 Å². The lowest BCUT2D eigenvalue weighted by atomic mass is 9.96. The molecule has 1 atom stereocenters. The van der Waals surface area contributed by atoms with Crippen molar-refractivity contribution in [1.29, 1.82) is 0 Å². The van der Waals surface area contributed by atoms with E-state index in [1.807, 2.05) is 32.9 Å². The molecule has 1 rings (SSSR count). The standard InChI is InChI=1S/C13H19NO2/c1-5-11(14)13(15)10-6-9(3)12(16-4)7-8(10)2/h6-7,11H,5,14H2,1-4H3. The van der Waals surface area contributed by atoms with E-state index in [2.05, 4.69) is 0 Å². The van der Waals surface area contributed by atoms with Crippen molar-refractivity contribution in [2.75, 3.05) is 7.11 Å². The van der Waals surface area contributed by atoms with Crippen molar-refractivity contribution in [3.63, 3.8) is 0 Å². The first-order valence-corrected chi connectivity index (χ1v) is 5.46. The lowest BCUT2D eigenvalue weighted by molar-refractivity contribution is 0.0958. The molecule has 3 nitrogen and oxygen atoms in total. The van der Waals surface area contributed by atoms with Gasteiger partial charge in [0.05, 0.1) is 13.2 Å². The smallest absolute Gasteiger partial charge is 0.179 e. The molecule has 0 amide bonds. The second-order valence-corrected chi connectivity index (χ2v) is 4.02. The number of methoxy groups -OCH3 is 1. The van der Waals surface area contributed by atoms with Crippen LogP contribution in [-0.2, 0) is 0 Å². The Bertz CT molecular complexity index is 399. The van der Waals surface area contributed by atoms with Crippen LogP contribution in [0.5, 0.6) is 5.75 Å². The molecule has 0 aliphatic rings. The molecule has 3 heteroatoms. The van der Waals surface area contributed by atoms with Crippen LogP contribution in [0.3, 0.4) is 0 Å². The van der Waals surface area contributed by atoms with Crippen molar-refractivity contribution >= 4 is 5.78 Å². The number of carbonyl (C=O) groups is 1. The molecule has 2 N–H and O–H groups in total. The third-order valence-corrected chi connectivity index (χ3v) is 2.78. The minimum Gasteiger partial charge on any atom is -0.496 e. The molecule has 0 bridgehead atoms. The summed E-state index contributed by atoms with van der Waals surface area (Å²) in [4.78, 5) is 12.0. The lowest BCUT2D eigenvalue weighted by Gasteiger charge is -2.13. The fourth-order valence-electron chi connectivity index (χ4n) is 1.66. The van der Waals surface area contributed by atoms with E-state index >= 15 is 0 Å². The van der Waals surface area contributed by atoms with Gasteiger partial charge < -0.3 is 10.5 Å². The highest BCUT2D eigenvalue weighted by Crippen LogP contribution is 2.23. The van der Waals surface area contributed by atoms with Crippen LogP contribution in [0.2, 0.25) is 0 Å². The number of hydrogen-bond donors (Lipinski definition) is 1. The monoisotopic (exact) mass is 221 g/mol. The molecule has 0 radical (unpaired) electrons. The van der Waals surface area contributed by atoms with Crippen LogP contribution >= 0.6 is 0 Å². The summed E-state index contributed by atoms with van der Waals surface area (Å²) in [6, 6.07) is 3.32. The molecule has 0 heterocycles. The predicted molar refractivity (Wildman–Crippen MR) is 65.1 cm³/mol. The van der Waals surface area contributed by atoms with Gasteiger partial charge in [-0.25, -0.2) is 0 Å². The molecular weight excluding hydrogens is 202 g/mol. The van der Waals surface area contributed by atoms with Gasteiger partial charge in [-0.1, -0.05) is 6.92 Å². The van der Waals surface area contributed by atoms with Gasteiger partial charge in [-0.05, 0) is 43.5 Å². The second kappa shape index (κ2) is 5.12. The average Bonchev–Trinajstić information content (AvgIpc) is 2.29. The van der Waals surface area contributed by atoms with Gasteiger partial charge >= 0.3 is 0 Å². The van der Waals surface area contributed by atoms with Gasteiger partial charge in [0.25, 0.3) is 0 Å². The summed E-state index contributed by atoms with van der Waals surface area (Å²) in [6.07, 6.45) is 0.656. The van der Waals surface area contributed by atoms with Crippen molar-refractivity contribution < 1.29 is 9.53 Å². The topological polar surface area (TPSA) is 52.3 Å². The number of carbonyl (C=O) groups excluding carboxylic acids is 1. The van der Waals surface area contributed by atoms with E-state index in [0.717, 1.165) is 16.9 Å². The van der Waals surface area contributed by atoms with Crippen LogP contribution in [0.1, 0.15) is 34.8 Å². The van der Waals surface area contributed by atoms with Gasteiger partial charge in [0.2, 0.25) is 0 Å². The highest BCUT2D eigenvalue weighted by atomic mass is 16.5. The van der Waals surface area contributed by atoms with Crippen molar-refractivity contribution in [3.8, 4) is 5.75 Å². The highest BCUT2D eigenvalue weighted by molar-refractivity contribution is 6.01. The van der Waals surface area contributed by atoms with Crippen LogP contribution in [0.25, 0.3) is 0 Å². The van der Waals surface area contributed by atoms with Crippen molar-refractivity contribution in [2.45, 2.75) is 33.2 Å². The number of ketones is 1. The average molecular weight is 221 g/mol. The van der Waals surface area contributed by atoms with Gasteiger partial charge in [0.15, 0.2) is 5.78 Å². The summed E-state index contributed by atoms with van der Waals surface area (Å²) in [6.45, 7) is 5.73. The first-order valence-electron chi connectivity index (χ1n) is 5.46. The van der Waals surface area contributed by atoms with Crippen molar-refractivity contribution in [3.05, 3.63) is 28.8 Å². The first kappa shape index (κ1) is 12.7. The summed E-state index contributed by atoms with van der Waals surface area (Å²) in [5.41, 5.74) is 8.33. The van der Waals surface area contributed by atoms with Crippen molar-refractivity contribution in [2.24, 2.45) is 5.73 Å². The van der Waals surface area contributed by atoms with E-state index in [4.69, 9.17) is 10.5 Å². The summed E-state index contributed by atoms with van der Waals surface area (Å²) >= 11 is 0. The minimum atomic E-state index is -0.411. The van der Waals surface area contributed by atoms with Crippen LogP contribution in [-0.4, -0.2) is 18.9 Å². The molecule has 0 aliphatic carbocycles. The number of ether oxygens (including phenoxy) is 1. The van der Waals surface area contributed by atoms with E-state index in [9.17, 15) is 4.79 Å². The number of rotatable bonds is 4. The highest BCUT2D eigenvalue weighted by Gasteiger charge is 2.17. The molecule has 16 heavy (non-hydrogen) atoms. The lowest BCUT2D eigenvalue weighted by Crippen LogP contribution is -2.30. The van der Waals surface area contributed by atoms with E-state index < -0.39 is 6.04 Å². The third-order valence-electron chi connectivity index (χ3n) is 2.78. The Balaban J connectivity index is 3.16. The zero-order chi connectivity index (χ0) is 12.3. The number of hydrogen-bond acceptors (Lipinski definition) is 3. The van der Waals surface area contributed by atoms with Crippen molar-refractivity contribution in [1.82, 2.24) is 0 Å². The molecule has 0 aromatic heterocycles. The third kappa shape index (κ3) is 2.42. The van der Waals surface area contributed by atoms with Crippen LogP contribution in [0.4, 0.5) is 0 Å². The molecule has 88 valence electrons. The summed E-state index contributed by atoms with van der Waals surface area (Å²) < 4.78 is 5.20.